The van der Waals surface area contributed by atoms with Gasteiger partial charge in [0.25, 0.3) is 0 Å². The van der Waals surface area contributed by atoms with Crippen molar-refractivity contribution in [2.45, 2.75) is 13.3 Å². The first kappa shape index (κ1) is 10.4. The van der Waals surface area contributed by atoms with Crippen molar-refractivity contribution in [3.8, 4) is 5.75 Å². The van der Waals surface area contributed by atoms with Gasteiger partial charge in [-0.25, -0.2) is 0 Å². The highest BCUT2D eigenvalue weighted by molar-refractivity contribution is 6.36. The quantitative estimate of drug-likeness (QED) is 0.774. The molecule has 13 heavy (non-hydrogen) atoms. The summed E-state index contributed by atoms with van der Waals surface area (Å²) in [4.78, 5) is 11.3. The minimum Gasteiger partial charge on any atom is -0.506 e. The topological polar surface area (TPSA) is 37.3 Å². The molecule has 70 valence electrons. The molecule has 0 saturated heterocycles. The van der Waals surface area contributed by atoms with Crippen LogP contribution >= 0.6 is 23.2 Å². The number of hydrogen-bond donors (Lipinski definition) is 1. The van der Waals surface area contributed by atoms with Gasteiger partial charge in [-0.1, -0.05) is 30.1 Å². The standard InChI is InChI=1S/C9H8Cl2O2/c1-2-8(12)5-3-7(11)9(13)4-6(5)10/h3-4,13H,2H2,1H3. The average Bonchev–Trinajstić information content (AvgIpc) is 2.10. The van der Waals surface area contributed by atoms with E-state index in [9.17, 15) is 4.79 Å². The Bertz CT molecular complexity index is 348. The van der Waals surface area contributed by atoms with E-state index in [2.05, 4.69) is 0 Å². The highest BCUT2D eigenvalue weighted by Crippen LogP contribution is 2.30. The predicted octanol–water partition coefficient (Wildman–Crippen LogP) is 3.29. The van der Waals surface area contributed by atoms with Gasteiger partial charge in [0.15, 0.2) is 5.78 Å². The van der Waals surface area contributed by atoms with Crippen LogP contribution in [0.5, 0.6) is 5.75 Å². The van der Waals surface area contributed by atoms with Gasteiger partial charge in [0, 0.05) is 18.1 Å². The number of aromatic hydroxyl groups is 1. The molecular weight excluding hydrogens is 211 g/mol. The van der Waals surface area contributed by atoms with Crippen LogP contribution in [0.3, 0.4) is 0 Å². The van der Waals surface area contributed by atoms with Crippen molar-refractivity contribution in [1.82, 2.24) is 0 Å². The fourth-order valence-electron chi connectivity index (χ4n) is 0.940. The smallest absolute Gasteiger partial charge is 0.164 e. The van der Waals surface area contributed by atoms with Gasteiger partial charge in [-0.3, -0.25) is 4.79 Å². The van der Waals surface area contributed by atoms with E-state index >= 15 is 0 Å². The molecule has 0 spiro atoms. The van der Waals surface area contributed by atoms with Gasteiger partial charge < -0.3 is 5.11 Å². The normalized spacial score (nSPS) is 10.1. The summed E-state index contributed by atoms with van der Waals surface area (Å²) >= 11 is 11.4. The average molecular weight is 219 g/mol. The monoisotopic (exact) mass is 218 g/mol. The number of carbonyl (C=O) groups is 1. The molecular formula is C9H8Cl2O2. The molecule has 0 bridgehead atoms. The first-order valence-electron chi connectivity index (χ1n) is 3.77. The van der Waals surface area contributed by atoms with Gasteiger partial charge in [-0.05, 0) is 6.07 Å². The van der Waals surface area contributed by atoms with Crippen molar-refractivity contribution < 1.29 is 9.90 Å². The Morgan fingerprint density at radius 2 is 2.00 bits per heavy atom. The lowest BCUT2D eigenvalue weighted by molar-refractivity contribution is 0.0988. The summed E-state index contributed by atoms with van der Waals surface area (Å²) in [7, 11) is 0. The molecule has 1 aromatic rings. The zero-order chi connectivity index (χ0) is 10.0. The number of Topliss-reactive ketones (excluding diaryl/α,β-unsaturated/α-hetero) is 1. The van der Waals surface area contributed by atoms with Crippen molar-refractivity contribution in [2.24, 2.45) is 0 Å². The number of hydrogen-bond acceptors (Lipinski definition) is 2. The van der Waals surface area contributed by atoms with E-state index in [4.69, 9.17) is 28.3 Å². The number of ketones is 1. The van der Waals surface area contributed by atoms with E-state index in [0.29, 0.717) is 12.0 Å². The fourth-order valence-corrected chi connectivity index (χ4v) is 1.37. The van der Waals surface area contributed by atoms with Crippen molar-refractivity contribution in [1.29, 1.82) is 0 Å². The minimum absolute atomic E-state index is 0.0908. The summed E-state index contributed by atoms with van der Waals surface area (Å²) in [6.45, 7) is 1.74. The summed E-state index contributed by atoms with van der Waals surface area (Å²) in [6.07, 6.45) is 0.362. The van der Waals surface area contributed by atoms with Crippen LogP contribution in [0.15, 0.2) is 12.1 Å². The maximum absolute atomic E-state index is 11.3. The Kier molecular flexibility index (Phi) is 3.17. The maximum Gasteiger partial charge on any atom is 0.164 e. The van der Waals surface area contributed by atoms with Crippen LogP contribution in [0.25, 0.3) is 0 Å². The second-order valence-electron chi connectivity index (χ2n) is 2.56. The molecule has 0 fully saturated rings. The van der Waals surface area contributed by atoms with E-state index in [-0.39, 0.29) is 21.6 Å². The lowest BCUT2D eigenvalue weighted by atomic mass is 10.1. The molecule has 0 heterocycles. The fraction of sp³-hybridized carbons (Fsp3) is 0.222. The maximum atomic E-state index is 11.3. The first-order valence-corrected chi connectivity index (χ1v) is 4.53. The summed E-state index contributed by atoms with van der Waals surface area (Å²) in [5.74, 6) is -0.203. The number of phenols is 1. The molecule has 0 radical (unpaired) electrons. The van der Waals surface area contributed by atoms with Crippen LogP contribution < -0.4 is 0 Å². The number of halogens is 2. The third kappa shape index (κ3) is 2.14. The lowest BCUT2D eigenvalue weighted by Crippen LogP contribution is -1.97. The third-order valence-electron chi connectivity index (χ3n) is 1.66. The molecule has 0 aromatic heterocycles. The van der Waals surface area contributed by atoms with Crippen LogP contribution in [0.2, 0.25) is 10.0 Å². The van der Waals surface area contributed by atoms with Gasteiger partial charge in [-0.15, -0.1) is 0 Å². The van der Waals surface area contributed by atoms with Crippen molar-refractivity contribution in [3.63, 3.8) is 0 Å². The van der Waals surface area contributed by atoms with Gasteiger partial charge >= 0.3 is 0 Å². The molecule has 0 saturated carbocycles. The Morgan fingerprint density at radius 1 is 1.38 bits per heavy atom. The highest BCUT2D eigenvalue weighted by Gasteiger charge is 2.11. The molecule has 2 nitrogen and oxygen atoms in total. The summed E-state index contributed by atoms with van der Waals surface area (Å²) < 4.78 is 0. The molecule has 0 unspecified atom stereocenters. The van der Waals surface area contributed by atoms with E-state index in [1.807, 2.05) is 0 Å². The molecule has 0 aliphatic heterocycles. The minimum atomic E-state index is -0.112. The van der Waals surface area contributed by atoms with E-state index in [0.717, 1.165) is 0 Å². The predicted molar refractivity (Wildman–Crippen MR) is 52.7 cm³/mol. The molecule has 4 heteroatoms. The van der Waals surface area contributed by atoms with Crippen LogP contribution in [0.1, 0.15) is 23.7 Å². The SMILES string of the molecule is CCC(=O)c1cc(Cl)c(O)cc1Cl. The van der Waals surface area contributed by atoms with Crippen LogP contribution in [-0.4, -0.2) is 10.9 Å². The first-order chi connectivity index (χ1) is 6.06. The Hall–Kier alpha value is -0.730. The van der Waals surface area contributed by atoms with Crippen molar-refractivity contribution in [3.05, 3.63) is 27.7 Å². The summed E-state index contributed by atoms with van der Waals surface area (Å²) in [5.41, 5.74) is 0.354. The zero-order valence-corrected chi connectivity index (χ0v) is 8.49. The van der Waals surface area contributed by atoms with Crippen molar-refractivity contribution >= 4 is 29.0 Å². The summed E-state index contributed by atoms with van der Waals surface area (Å²) in [5, 5.41) is 9.52. The molecule has 1 N–H and O–H groups in total. The molecule has 0 atom stereocenters. The number of phenolic OH excluding ortho intramolecular Hbond substituents is 1. The van der Waals surface area contributed by atoms with Crippen LogP contribution in [0.4, 0.5) is 0 Å². The van der Waals surface area contributed by atoms with Crippen LogP contribution in [-0.2, 0) is 0 Å². The Labute approximate surface area is 86.1 Å². The van der Waals surface area contributed by atoms with Crippen LogP contribution in [0, 0.1) is 0 Å². The molecule has 0 aliphatic rings. The van der Waals surface area contributed by atoms with Gasteiger partial charge in [0.2, 0.25) is 0 Å². The van der Waals surface area contributed by atoms with Gasteiger partial charge in [0.05, 0.1) is 10.0 Å². The van der Waals surface area contributed by atoms with E-state index < -0.39 is 0 Å². The van der Waals surface area contributed by atoms with E-state index in [1.165, 1.54) is 12.1 Å². The summed E-state index contributed by atoms with van der Waals surface area (Å²) in [6, 6.07) is 2.65. The van der Waals surface area contributed by atoms with E-state index in [1.54, 1.807) is 6.92 Å². The number of carbonyl (C=O) groups excluding carboxylic acids is 1. The third-order valence-corrected chi connectivity index (χ3v) is 2.27. The second kappa shape index (κ2) is 3.99. The largest absolute Gasteiger partial charge is 0.506 e. The second-order valence-corrected chi connectivity index (χ2v) is 3.37. The Balaban J connectivity index is 3.23. The zero-order valence-electron chi connectivity index (χ0n) is 6.97. The lowest BCUT2D eigenvalue weighted by Gasteiger charge is -2.03. The highest BCUT2D eigenvalue weighted by atomic mass is 35.5. The molecule has 1 rings (SSSR count). The Morgan fingerprint density at radius 3 is 2.54 bits per heavy atom. The number of benzene rings is 1. The number of rotatable bonds is 2. The van der Waals surface area contributed by atoms with Gasteiger partial charge in [0.1, 0.15) is 5.75 Å². The molecule has 0 aliphatic carbocycles. The van der Waals surface area contributed by atoms with Crippen molar-refractivity contribution in [2.75, 3.05) is 0 Å². The molecule has 1 aromatic carbocycles. The molecule has 0 amide bonds. The van der Waals surface area contributed by atoms with Gasteiger partial charge in [-0.2, -0.15) is 0 Å².